The molecule has 0 aliphatic carbocycles. The van der Waals surface area contributed by atoms with Crippen molar-refractivity contribution >= 4 is 27.7 Å². The van der Waals surface area contributed by atoms with Gasteiger partial charge in [0.2, 0.25) is 0 Å². The van der Waals surface area contributed by atoms with Crippen LogP contribution in [0, 0.1) is 0 Å². The predicted octanol–water partition coefficient (Wildman–Crippen LogP) is 3.16. The Kier molecular flexibility index (Phi) is 4.58. The third kappa shape index (κ3) is 3.59. The van der Waals surface area contributed by atoms with Crippen molar-refractivity contribution < 1.29 is 9.53 Å². The van der Waals surface area contributed by atoms with E-state index in [4.69, 9.17) is 0 Å². The Bertz CT molecular complexity index is 622. The molecule has 3 rings (SSSR count). The van der Waals surface area contributed by atoms with Gasteiger partial charge in [-0.1, -0.05) is 34.8 Å². The summed E-state index contributed by atoms with van der Waals surface area (Å²) in [7, 11) is 1.37. The fourth-order valence-corrected chi connectivity index (χ4v) is 1.98. The van der Waals surface area contributed by atoms with Gasteiger partial charge in [0.1, 0.15) is 5.52 Å². The fourth-order valence-electron chi connectivity index (χ4n) is 1.42. The molecule has 5 heteroatoms. The minimum absolute atomic E-state index is 0.291. The smallest absolute Gasteiger partial charge is 0.337 e. The van der Waals surface area contributed by atoms with Crippen LogP contribution in [0.2, 0.25) is 0 Å². The molecule has 0 spiro atoms. The summed E-state index contributed by atoms with van der Waals surface area (Å²) < 4.78 is 9.44. The average molecular weight is 272 g/mol. The topological polar surface area (TPSA) is 52.1 Å². The Labute approximate surface area is 114 Å². The highest BCUT2D eigenvalue weighted by Gasteiger charge is 2.00. The standard InChI is InChI=1S/C8H8O2.C6H4N2S/c1-10-8(9)7-5-3-2-4-6-7;1-2-4-6-5(3-1)7-8-9-6/h2-6H,1H3;1-4H. The lowest BCUT2D eigenvalue weighted by Crippen LogP contribution is -1.99. The van der Waals surface area contributed by atoms with Crippen LogP contribution in [0.25, 0.3) is 10.2 Å². The SMILES string of the molecule is COC(=O)c1ccccc1.c1ccc2snnc2c1. The number of fused-ring (bicyclic) bond motifs is 1. The van der Waals surface area contributed by atoms with Gasteiger partial charge < -0.3 is 4.74 Å². The average Bonchev–Trinajstić information content (AvgIpc) is 2.96. The summed E-state index contributed by atoms with van der Waals surface area (Å²) in [6, 6.07) is 16.8. The third-order valence-electron chi connectivity index (χ3n) is 2.35. The van der Waals surface area contributed by atoms with E-state index in [1.165, 1.54) is 18.6 Å². The minimum atomic E-state index is -0.291. The summed E-state index contributed by atoms with van der Waals surface area (Å²) >= 11 is 1.43. The minimum Gasteiger partial charge on any atom is -0.465 e. The van der Waals surface area contributed by atoms with Gasteiger partial charge in [0.15, 0.2) is 0 Å². The van der Waals surface area contributed by atoms with Gasteiger partial charge in [-0.15, -0.1) is 5.10 Å². The van der Waals surface area contributed by atoms with Gasteiger partial charge in [0.25, 0.3) is 0 Å². The molecule has 0 radical (unpaired) electrons. The second-order valence-electron chi connectivity index (χ2n) is 3.60. The maximum atomic E-state index is 10.8. The molecule has 0 saturated heterocycles. The van der Waals surface area contributed by atoms with E-state index in [9.17, 15) is 4.79 Å². The van der Waals surface area contributed by atoms with Gasteiger partial charge in [-0.2, -0.15) is 0 Å². The summed E-state index contributed by atoms with van der Waals surface area (Å²) in [6.45, 7) is 0. The summed E-state index contributed by atoms with van der Waals surface area (Å²) in [5.74, 6) is -0.291. The molecular formula is C14H12N2O2S. The van der Waals surface area contributed by atoms with E-state index in [-0.39, 0.29) is 5.97 Å². The molecule has 0 saturated carbocycles. The number of methoxy groups -OCH3 is 1. The molecule has 3 aromatic rings. The molecule has 0 N–H and O–H groups in total. The van der Waals surface area contributed by atoms with Gasteiger partial charge in [0.05, 0.1) is 17.4 Å². The number of benzene rings is 2. The summed E-state index contributed by atoms with van der Waals surface area (Å²) in [4.78, 5) is 10.8. The number of rotatable bonds is 1. The number of carbonyl (C=O) groups is 1. The first-order valence-corrected chi connectivity index (χ1v) is 6.39. The first kappa shape index (κ1) is 13.2. The van der Waals surface area contributed by atoms with Crippen molar-refractivity contribution in [2.75, 3.05) is 7.11 Å². The lowest BCUT2D eigenvalue weighted by atomic mass is 10.2. The van der Waals surface area contributed by atoms with E-state index in [2.05, 4.69) is 14.3 Å². The zero-order valence-corrected chi connectivity index (χ0v) is 11.1. The zero-order valence-electron chi connectivity index (χ0n) is 10.3. The first-order chi connectivity index (χ1) is 9.31. The van der Waals surface area contributed by atoms with Crippen LogP contribution in [0.15, 0.2) is 54.6 Å². The Morgan fingerprint density at radius 2 is 1.74 bits per heavy atom. The quantitative estimate of drug-likeness (QED) is 0.638. The molecule has 0 fully saturated rings. The Morgan fingerprint density at radius 1 is 1.05 bits per heavy atom. The van der Waals surface area contributed by atoms with Crippen molar-refractivity contribution in [1.82, 2.24) is 9.59 Å². The second kappa shape index (κ2) is 6.61. The van der Waals surface area contributed by atoms with Gasteiger partial charge >= 0.3 is 5.97 Å². The van der Waals surface area contributed by atoms with Crippen LogP contribution >= 0.6 is 11.5 Å². The molecule has 1 heterocycles. The Morgan fingerprint density at radius 3 is 2.42 bits per heavy atom. The van der Waals surface area contributed by atoms with Crippen molar-refractivity contribution in [3.05, 3.63) is 60.2 Å². The van der Waals surface area contributed by atoms with Crippen LogP contribution in [0.4, 0.5) is 0 Å². The molecule has 0 amide bonds. The highest BCUT2D eigenvalue weighted by Crippen LogP contribution is 2.12. The normalized spacial score (nSPS) is 9.53. The van der Waals surface area contributed by atoms with Crippen molar-refractivity contribution in [1.29, 1.82) is 0 Å². The lowest BCUT2D eigenvalue weighted by molar-refractivity contribution is 0.0601. The maximum Gasteiger partial charge on any atom is 0.337 e. The van der Waals surface area contributed by atoms with Crippen LogP contribution in [0.5, 0.6) is 0 Å². The molecule has 1 aromatic heterocycles. The summed E-state index contributed by atoms with van der Waals surface area (Å²) in [5.41, 5.74) is 1.58. The number of carbonyl (C=O) groups excluding carboxylic acids is 1. The molecule has 0 unspecified atom stereocenters. The number of hydrogen-bond donors (Lipinski definition) is 0. The lowest BCUT2D eigenvalue weighted by Gasteiger charge is -1.95. The van der Waals surface area contributed by atoms with Crippen LogP contribution in [-0.2, 0) is 4.74 Å². The fraction of sp³-hybridized carbons (Fsp3) is 0.0714. The Balaban J connectivity index is 0.000000141. The molecule has 4 nitrogen and oxygen atoms in total. The molecule has 96 valence electrons. The van der Waals surface area contributed by atoms with E-state index in [1.807, 2.05) is 30.3 Å². The largest absolute Gasteiger partial charge is 0.465 e. The molecule has 0 aliphatic rings. The molecule has 0 atom stereocenters. The monoisotopic (exact) mass is 272 g/mol. The van der Waals surface area contributed by atoms with E-state index in [1.54, 1.807) is 24.3 Å². The van der Waals surface area contributed by atoms with E-state index < -0.39 is 0 Å². The number of esters is 1. The van der Waals surface area contributed by atoms with Crippen LogP contribution in [-0.4, -0.2) is 22.7 Å². The first-order valence-electron chi connectivity index (χ1n) is 5.61. The van der Waals surface area contributed by atoms with Crippen molar-refractivity contribution in [2.45, 2.75) is 0 Å². The van der Waals surface area contributed by atoms with Crippen molar-refractivity contribution in [2.24, 2.45) is 0 Å². The van der Waals surface area contributed by atoms with Crippen LogP contribution < -0.4 is 0 Å². The van der Waals surface area contributed by atoms with E-state index in [0.29, 0.717) is 5.56 Å². The zero-order chi connectivity index (χ0) is 13.5. The summed E-state index contributed by atoms with van der Waals surface area (Å²) in [5, 5.41) is 3.89. The van der Waals surface area contributed by atoms with Gasteiger partial charge in [-0.05, 0) is 35.8 Å². The van der Waals surface area contributed by atoms with Crippen LogP contribution in [0.3, 0.4) is 0 Å². The van der Waals surface area contributed by atoms with Gasteiger partial charge in [-0.25, -0.2) is 4.79 Å². The number of nitrogens with zero attached hydrogens (tertiary/aromatic N) is 2. The molecule has 0 aliphatic heterocycles. The van der Waals surface area contributed by atoms with Gasteiger partial charge in [0, 0.05) is 0 Å². The van der Waals surface area contributed by atoms with Crippen LogP contribution in [0.1, 0.15) is 10.4 Å². The molecule has 2 aromatic carbocycles. The Hall–Kier alpha value is -2.27. The van der Waals surface area contributed by atoms with Gasteiger partial charge in [-0.3, -0.25) is 0 Å². The maximum absolute atomic E-state index is 10.8. The number of aromatic nitrogens is 2. The molecule has 0 bridgehead atoms. The van der Waals surface area contributed by atoms with E-state index >= 15 is 0 Å². The van der Waals surface area contributed by atoms with Crippen molar-refractivity contribution in [3.8, 4) is 0 Å². The number of ether oxygens (including phenoxy) is 1. The molecule has 19 heavy (non-hydrogen) atoms. The third-order valence-corrected chi connectivity index (χ3v) is 3.05. The second-order valence-corrected chi connectivity index (χ2v) is 4.38. The summed E-state index contributed by atoms with van der Waals surface area (Å²) in [6.07, 6.45) is 0. The predicted molar refractivity (Wildman–Crippen MR) is 75.2 cm³/mol. The molecular weight excluding hydrogens is 260 g/mol. The van der Waals surface area contributed by atoms with Crippen molar-refractivity contribution in [3.63, 3.8) is 0 Å². The number of hydrogen-bond acceptors (Lipinski definition) is 5. The highest BCUT2D eigenvalue weighted by molar-refractivity contribution is 7.12. The van der Waals surface area contributed by atoms with E-state index in [0.717, 1.165) is 10.2 Å². The highest BCUT2D eigenvalue weighted by atomic mass is 32.1.